The zero-order chi connectivity index (χ0) is 14.3. The molecule has 0 fully saturated rings. The molecule has 0 heterocycles. The molecule has 1 nitrogen and oxygen atoms in total. The molecule has 0 radical (unpaired) electrons. The Morgan fingerprint density at radius 3 is 1.84 bits per heavy atom. The van der Waals surface area contributed by atoms with Crippen LogP contribution in [0.25, 0.3) is 6.08 Å². The van der Waals surface area contributed by atoms with Crippen LogP contribution in [0.2, 0.25) is 0 Å². The summed E-state index contributed by atoms with van der Waals surface area (Å²) in [5, 5.41) is 0. The number of hydrogen-bond donors (Lipinski definition) is 1. The van der Waals surface area contributed by atoms with Crippen molar-refractivity contribution in [2.24, 2.45) is 5.73 Å². The molecule has 0 aliphatic rings. The lowest BCUT2D eigenvalue weighted by Gasteiger charge is -2.19. The average molecular weight is 253 g/mol. The van der Waals surface area contributed by atoms with Crippen LogP contribution in [0.4, 0.5) is 0 Å². The number of rotatable bonds is 8. The monoisotopic (exact) mass is 253 g/mol. The molecular formula is C18H23N. The molecule has 0 saturated heterocycles. The maximum Gasteiger partial charge on any atom is 0.0181 e. The Kier molecular flexibility index (Phi) is 6.04. The summed E-state index contributed by atoms with van der Waals surface area (Å²) in [6.07, 6.45) is 10.2. The lowest BCUT2D eigenvalue weighted by molar-refractivity contribution is 0.985. The third-order valence-corrected chi connectivity index (χ3v) is 3.28. The van der Waals surface area contributed by atoms with Crippen LogP contribution in [0.1, 0.15) is 27.8 Å². The maximum atomic E-state index is 5.88. The van der Waals surface area contributed by atoms with E-state index in [0.29, 0.717) is 6.54 Å². The van der Waals surface area contributed by atoms with Crippen molar-refractivity contribution < 1.29 is 0 Å². The molecule has 0 bridgehead atoms. The molecule has 0 aromatic heterocycles. The highest BCUT2D eigenvalue weighted by Crippen LogP contribution is 2.27. The van der Waals surface area contributed by atoms with Crippen molar-refractivity contribution in [3.63, 3.8) is 0 Å². The van der Waals surface area contributed by atoms with Crippen molar-refractivity contribution in [3.05, 3.63) is 78.4 Å². The summed E-state index contributed by atoms with van der Waals surface area (Å²) >= 11 is 0. The predicted octanol–water partition coefficient (Wildman–Crippen LogP) is 3.97. The van der Waals surface area contributed by atoms with Crippen molar-refractivity contribution in [2.75, 3.05) is 0 Å². The molecule has 1 rings (SSSR count). The fourth-order valence-corrected chi connectivity index (χ4v) is 2.45. The highest BCUT2D eigenvalue weighted by Gasteiger charge is 2.13. The molecule has 0 amide bonds. The van der Waals surface area contributed by atoms with Crippen molar-refractivity contribution in [2.45, 2.75) is 25.8 Å². The van der Waals surface area contributed by atoms with Crippen LogP contribution in [-0.2, 0) is 25.8 Å². The third-order valence-electron chi connectivity index (χ3n) is 3.28. The minimum atomic E-state index is 0.530. The molecule has 0 atom stereocenters. The predicted molar refractivity (Wildman–Crippen MR) is 86.1 cm³/mol. The van der Waals surface area contributed by atoms with Crippen LogP contribution in [0.3, 0.4) is 0 Å². The van der Waals surface area contributed by atoms with Crippen molar-refractivity contribution >= 4 is 6.08 Å². The molecule has 100 valence electrons. The Morgan fingerprint density at radius 1 is 0.842 bits per heavy atom. The highest BCUT2D eigenvalue weighted by molar-refractivity contribution is 5.60. The molecule has 0 unspecified atom stereocenters. The first-order valence-electron chi connectivity index (χ1n) is 6.55. The first-order chi connectivity index (χ1) is 9.23. The molecule has 0 aliphatic carbocycles. The molecule has 0 spiro atoms. The van der Waals surface area contributed by atoms with E-state index in [1.54, 1.807) is 0 Å². The Bertz CT molecular complexity index is 495. The topological polar surface area (TPSA) is 26.0 Å². The molecular weight excluding hydrogens is 230 g/mol. The Morgan fingerprint density at radius 2 is 1.37 bits per heavy atom. The number of allylic oxidation sites excluding steroid dienone is 3. The van der Waals surface area contributed by atoms with E-state index in [4.69, 9.17) is 5.73 Å². The van der Waals surface area contributed by atoms with Gasteiger partial charge in [-0.2, -0.15) is 0 Å². The number of benzene rings is 1. The van der Waals surface area contributed by atoms with Gasteiger partial charge in [-0.3, -0.25) is 0 Å². The first kappa shape index (κ1) is 15.2. The van der Waals surface area contributed by atoms with E-state index in [1.807, 2.05) is 24.3 Å². The number of nitrogens with two attached hydrogens (primary N) is 1. The molecule has 1 aromatic rings. The van der Waals surface area contributed by atoms with Crippen LogP contribution in [0.5, 0.6) is 0 Å². The number of hydrogen-bond acceptors (Lipinski definition) is 1. The smallest absolute Gasteiger partial charge is 0.0181 e. The zero-order valence-electron chi connectivity index (χ0n) is 11.6. The van der Waals surface area contributed by atoms with Gasteiger partial charge in [0.1, 0.15) is 0 Å². The summed E-state index contributed by atoms with van der Waals surface area (Å²) in [5.74, 6) is 0. The minimum absolute atomic E-state index is 0.530. The maximum absolute atomic E-state index is 5.88. The fraction of sp³-hybridized carbons (Fsp3) is 0.222. The van der Waals surface area contributed by atoms with Gasteiger partial charge in [-0.1, -0.05) is 30.9 Å². The zero-order valence-corrected chi connectivity index (χ0v) is 11.6. The summed E-state index contributed by atoms with van der Waals surface area (Å²) in [6, 6.07) is 2.14. The largest absolute Gasteiger partial charge is 0.326 e. The van der Waals surface area contributed by atoms with Gasteiger partial charge in [0.2, 0.25) is 0 Å². The molecule has 2 N–H and O–H groups in total. The van der Waals surface area contributed by atoms with E-state index in [2.05, 4.69) is 32.4 Å². The SMILES string of the molecule is C=CCc1c(C=C)cc(CN)c(CC=C)c1CC=C. The molecule has 0 saturated carbocycles. The Balaban J connectivity index is 3.60. The second-order valence-electron chi connectivity index (χ2n) is 4.45. The van der Waals surface area contributed by atoms with Gasteiger partial charge < -0.3 is 5.73 Å². The highest BCUT2D eigenvalue weighted by atomic mass is 14.5. The standard InChI is InChI=1S/C18H23N/c1-5-9-16-14(8-4)12-15(13-19)17(10-6-2)18(16)11-7-3/h5-8,12H,1-4,9-11,13,19H2. The summed E-state index contributed by atoms with van der Waals surface area (Å²) in [6.45, 7) is 16.0. The van der Waals surface area contributed by atoms with Crippen molar-refractivity contribution in [3.8, 4) is 0 Å². The van der Waals surface area contributed by atoms with Crippen LogP contribution < -0.4 is 5.73 Å². The first-order valence-corrected chi connectivity index (χ1v) is 6.55. The Hall–Kier alpha value is -1.86. The minimum Gasteiger partial charge on any atom is -0.326 e. The summed E-state index contributed by atoms with van der Waals surface area (Å²) < 4.78 is 0. The van der Waals surface area contributed by atoms with Crippen LogP contribution in [-0.4, -0.2) is 0 Å². The van der Waals surface area contributed by atoms with Gasteiger partial charge >= 0.3 is 0 Å². The van der Waals surface area contributed by atoms with Crippen LogP contribution in [0.15, 0.2) is 50.6 Å². The van der Waals surface area contributed by atoms with Gasteiger partial charge in [-0.15, -0.1) is 19.7 Å². The van der Waals surface area contributed by atoms with Crippen molar-refractivity contribution in [1.82, 2.24) is 0 Å². The normalized spacial score (nSPS) is 9.95. The van der Waals surface area contributed by atoms with E-state index >= 15 is 0 Å². The van der Waals surface area contributed by atoms with E-state index in [-0.39, 0.29) is 0 Å². The molecule has 19 heavy (non-hydrogen) atoms. The summed E-state index contributed by atoms with van der Waals surface area (Å²) in [7, 11) is 0. The van der Waals surface area contributed by atoms with Gasteiger partial charge in [0.05, 0.1) is 0 Å². The average Bonchev–Trinajstić information content (AvgIpc) is 2.43. The fourth-order valence-electron chi connectivity index (χ4n) is 2.45. The molecule has 0 aliphatic heterocycles. The third kappa shape index (κ3) is 3.33. The van der Waals surface area contributed by atoms with Gasteiger partial charge in [0, 0.05) is 6.54 Å². The lowest BCUT2D eigenvalue weighted by Crippen LogP contribution is -2.09. The van der Waals surface area contributed by atoms with E-state index in [9.17, 15) is 0 Å². The summed E-state index contributed by atoms with van der Waals surface area (Å²) in [4.78, 5) is 0. The lowest BCUT2D eigenvalue weighted by atomic mass is 9.86. The molecule has 1 heteroatoms. The van der Waals surface area contributed by atoms with Gasteiger partial charge in [-0.05, 0) is 53.1 Å². The van der Waals surface area contributed by atoms with Gasteiger partial charge in [0.15, 0.2) is 0 Å². The van der Waals surface area contributed by atoms with Gasteiger partial charge in [-0.25, -0.2) is 0 Å². The second kappa shape index (κ2) is 7.55. The van der Waals surface area contributed by atoms with E-state index in [0.717, 1.165) is 24.8 Å². The quantitative estimate of drug-likeness (QED) is 0.697. The Labute approximate surface area is 116 Å². The van der Waals surface area contributed by atoms with E-state index < -0.39 is 0 Å². The van der Waals surface area contributed by atoms with E-state index in [1.165, 1.54) is 22.3 Å². The van der Waals surface area contributed by atoms with Crippen molar-refractivity contribution in [1.29, 1.82) is 0 Å². The summed E-state index contributed by atoms with van der Waals surface area (Å²) in [5.41, 5.74) is 12.0. The van der Waals surface area contributed by atoms with Gasteiger partial charge in [0.25, 0.3) is 0 Å². The molecule has 1 aromatic carbocycles. The van der Waals surface area contributed by atoms with Crippen LogP contribution in [0, 0.1) is 0 Å². The second-order valence-corrected chi connectivity index (χ2v) is 4.45. The van der Waals surface area contributed by atoms with Crippen LogP contribution >= 0.6 is 0 Å².